The minimum atomic E-state index is -3.62. The number of benzene rings is 1. The van der Waals surface area contributed by atoms with Crippen molar-refractivity contribution in [2.24, 2.45) is 0 Å². The lowest BCUT2D eigenvalue weighted by atomic mass is 10.2. The van der Waals surface area contributed by atoms with Crippen LogP contribution in [0.25, 0.3) is 0 Å². The molecule has 106 valence electrons. The predicted octanol–water partition coefficient (Wildman–Crippen LogP) is 1.27. The van der Waals surface area contributed by atoms with Crippen LogP contribution in [0.4, 0.5) is 5.69 Å². The summed E-state index contributed by atoms with van der Waals surface area (Å²) in [5.41, 5.74) is 6.86. The Hall–Kier alpha value is -1.56. The first kappa shape index (κ1) is 15.5. The quantitative estimate of drug-likeness (QED) is 0.797. The molecule has 0 saturated heterocycles. The molecule has 3 N–H and O–H groups in total. The molecule has 5 nitrogen and oxygen atoms in total. The lowest BCUT2D eigenvalue weighted by molar-refractivity contribution is -0.119. The monoisotopic (exact) mass is 284 g/mol. The van der Waals surface area contributed by atoms with E-state index in [1.165, 1.54) is 18.2 Å². The van der Waals surface area contributed by atoms with Crippen LogP contribution in [0.5, 0.6) is 0 Å². The van der Waals surface area contributed by atoms with Crippen LogP contribution in [0.1, 0.15) is 25.8 Å². The van der Waals surface area contributed by atoms with Crippen LogP contribution in [0.3, 0.4) is 0 Å². The third kappa shape index (κ3) is 4.24. The Balaban J connectivity index is 2.86. The van der Waals surface area contributed by atoms with E-state index >= 15 is 0 Å². The first-order chi connectivity index (χ1) is 8.76. The van der Waals surface area contributed by atoms with Gasteiger partial charge in [0.1, 0.15) is 5.75 Å². The first-order valence-electron chi connectivity index (χ1n) is 6.14. The zero-order valence-electron chi connectivity index (χ0n) is 11.4. The Morgan fingerprint density at radius 1 is 1.42 bits per heavy atom. The molecule has 6 heteroatoms. The number of anilines is 1. The third-order valence-corrected chi connectivity index (χ3v) is 4.56. The summed E-state index contributed by atoms with van der Waals surface area (Å²) < 4.78 is 24.1. The van der Waals surface area contributed by atoms with Crippen LogP contribution < -0.4 is 11.1 Å². The normalized spacial score (nSPS) is 13.0. The van der Waals surface area contributed by atoms with E-state index in [1.807, 2.05) is 13.8 Å². The van der Waals surface area contributed by atoms with Gasteiger partial charge in [-0.3, -0.25) is 4.79 Å². The zero-order valence-corrected chi connectivity index (χ0v) is 12.3. The lowest BCUT2D eigenvalue weighted by Crippen LogP contribution is -2.36. The van der Waals surface area contributed by atoms with E-state index in [9.17, 15) is 13.2 Å². The Bertz CT molecular complexity index is 567. The van der Waals surface area contributed by atoms with Crippen molar-refractivity contribution >= 4 is 21.4 Å². The van der Waals surface area contributed by atoms with E-state index in [1.54, 1.807) is 6.92 Å². The van der Waals surface area contributed by atoms with Gasteiger partial charge in [0.15, 0.2) is 9.84 Å². The molecular weight excluding hydrogens is 264 g/mol. The van der Waals surface area contributed by atoms with Gasteiger partial charge in [0.05, 0.1) is 4.90 Å². The summed E-state index contributed by atoms with van der Waals surface area (Å²) in [6.45, 7) is 5.48. The summed E-state index contributed by atoms with van der Waals surface area (Å²) in [7, 11) is -3.62. The number of aryl methyl sites for hydroxylation is 1. The molecule has 1 rings (SSSR count). The summed E-state index contributed by atoms with van der Waals surface area (Å²) in [6, 6.07) is 4.42. The summed E-state index contributed by atoms with van der Waals surface area (Å²) in [6.07, 6.45) is 0.757. The lowest BCUT2D eigenvalue weighted by Gasteiger charge is -2.12. The number of sulfone groups is 1. The minimum absolute atomic E-state index is 0.0316. The maximum atomic E-state index is 12.1. The van der Waals surface area contributed by atoms with E-state index in [0.29, 0.717) is 11.3 Å². The van der Waals surface area contributed by atoms with Gasteiger partial charge in [0.25, 0.3) is 0 Å². The van der Waals surface area contributed by atoms with Crippen LogP contribution in [-0.2, 0) is 14.6 Å². The van der Waals surface area contributed by atoms with Crippen molar-refractivity contribution in [3.8, 4) is 0 Å². The Morgan fingerprint density at radius 2 is 2.05 bits per heavy atom. The molecule has 1 amide bonds. The second-order valence-electron chi connectivity index (χ2n) is 4.65. The maximum absolute atomic E-state index is 12.1. The van der Waals surface area contributed by atoms with Gasteiger partial charge in [0.2, 0.25) is 5.91 Å². The molecule has 0 spiro atoms. The molecule has 0 heterocycles. The number of nitrogen functional groups attached to an aromatic ring is 1. The second-order valence-corrected chi connectivity index (χ2v) is 6.64. The van der Waals surface area contributed by atoms with Crippen molar-refractivity contribution < 1.29 is 13.2 Å². The van der Waals surface area contributed by atoms with Crippen LogP contribution in [0.2, 0.25) is 0 Å². The standard InChI is InChI=1S/C13H20N2O3S/c1-4-10(3)15-13(16)8-19(17,18)11-5-6-12(14)9(2)7-11/h5-7,10H,4,8,14H2,1-3H3,(H,15,16). The Kier molecular flexibility index (Phi) is 4.94. The fraction of sp³-hybridized carbons (Fsp3) is 0.462. The minimum Gasteiger partial charge on any atom is -0.399 e. The van der Waals surface area contributed by atoms with E-state index in [-0.39, 0.29) is 10.9 Å². The highest BCUT2D eigenvalue weighted by molar-refractivity contribution is 7.92. The average molecular weight is 284 g/mol. The molecule has 0 aromatic heterocycles. The Morgan fingerprint density at radius 3 is 2.58 bits per heavy atom. The molecular formula is C13H20N2O3S. The summed E-state index contributed by atoms with van der Waals surface area (Å²) in [5.74, 6) is -1.02. The molecule has 0 aliphatic heterocycles. The number of amides is 1. The van der Waals surface area contributed by atoms with Crippen LogP contribution in [0, 0.1) is 6.92 Å². The van der Waals surface area contributed by atoms with E-state index < -0.39 is 21.5 Å². The van der Waals surface area contributed by atoms with Crippen molar-refractivity contribution in [3.05, 3.63) is 23.8 Å². The molecule has 19 heavy (non-hydrogen) atoms. The van der Waals surface area contributed by atoms with Crippen molar-refractivity contribution in [2.75, 3.05) is 11.5 Å². The molecule has 0 bridgehead atoms. The van der Waals surface area contributed by atoms with E-state index in [0.717, 1.165) is 6.42 Å². The highest BCUT2D eigenvalue weighted by Gasteiger charge is 2.20. The van der Waals surface area contributed by atoms with Gasteiger partial charge >= 0.3 is 0 Å². The zero-order chi connectivity index (χ0) is 14.6. The molecule has 1 aromatic carbocycles. The van der Waals surface area contributed by atoms with Gasteiger partial charge in [-0.1, -0.05) is 6.92 Å². The van der Waals surface area contributed by atoms with Crippen LogP contribution in [0.15, 0.2) is 23.1 Å². The molecule has 0 radical (unpaired) electrons. The smallest absolute Gasteiger partial charge is 0.235 e. The fourth-order valence-electron chi connectivity index (χ4n) is 1.52. The molecule has 0 fully saturated rings. The second kappa shape index (κ2) is 6.06. The highest BCUT2D eigenvalue weighted by atomic mass is 32.2. The Labute approximate surface area is 114 Å². The SMILES string of the molecule is CCC(C)NC(=O)CS(=O)(=O)c1ccc(N)c(C)c1. The number of nitrogens with one attached hydrogen (secondary N) is 1. The molecule has 0 aliphatic rings. The first-order valence-corrected chi connectivity index (χ1v) is 7.79. The number of rotatable bonds is 5. The highest BCUT2D eigenvalue weighted by Crippen LogP contribution is 2.17. The van der Waals surface area contributed by atoms with Gasteiger partial charge in [-0.05, 0) is 44.0 Å². The third-order valence-electron chi connectivity index (χ3n) is 2.94. The number of nitrogens with two attached hydrogens (primary N) is 1. The molecule has 1 atom stereocenters. The summed E-state index contributed by atoms with van der Waals surface area (Å²) >= 11 is 0. The average Bonchev–Trinajstić information content (AvgIpc) is 2.31. The topological polar surface area (TPSA) is 89.3 Å². The van der Waals surface area contributed by atoms with Crippen LogP contribution in [-0.4, -0.2) is 26.1 Å². The van der Waals surface area contributed by atoms with Crippen molar-refractivity contribution in [2.45, 2.75) is 38.1 Å². The largest absolute Gasteiger partial charge is 0.399 e. The van der Waals surface area contributed by atoms with Gasteiger partial charge in [-0.25, -0.2) is 8.42 Å². The van der Waals surface area contributed by atoms with E-state index in [2.05, 4.69) is 5.32 Å². The van der Waals surface area contributed by atoms with Crippen molar-refractivity contribution in [3.63, 3.8) is 0 Å². The maximum Gasteiger partial charge on any atom is 0.235 e. The van der Waals surface area contributed by atoms with E-state index in [4.69, 9.17) is 5.73 Å². The summed E-state index contributed by atoms with van der Waals surface area (Å²) in [4.78, 5) is 11.8. The summed E-state index contributed by atoms with van der Waals surface area (Å²) in [5, 5.41) is 2.64. The molecule has 0 saturated carbocycles. The molecule has 1 unspecified atom stereocenters. The molecule has 1 aromatic rings. The predicted molar refractivity (Wildman–Crippen MR) is 75.5 cm³/mol. The number of hydrogen-bond acceptors (Lipinski definition) is 4. The fourth-order valence-corrected chi connectivity index (χ4v) is 2.74. The number of hydrogen-bond donors (Lipinski definition) is 2. The number of carbonyl (C=O) groups is 1. The van der Waals surface area contributed by atoms with Gasteiger partial charge in [-0.15, -0.1) is 0 Å². The van der Waals surface area contributed by atoms with Crippen molar-refractivity contribution in [1.82, 2.24) is 5.32 Å². The van der Waals surface area contributed by atoms with Crippen molar-refractivity contribution in [1.29, 1.82) is 0 Å². The molecule has 0 aliphatic carbocycles. The number of carbonyl (C=O) groups excluding carboxylic acids is 1. The van der Waals surface area contributed by atoms with Crippen LogP contribution >= 0.6 is 0 Å². The van der Waals surface area contributed by atoms with Gasteiger partial charge < -0.3 is 11.1 Å². The van der Waals surface area contributed by atoms with Gasteiger partial charge in [-0.2, -0.15) is 0 Å². The van der Waals surface area contributed by atoms with Gasteiger partial charge in [0, 0.05) is 11.7 Å².